The topological polar surface area (TPSA) is 60.7 Å². The van der Waals surface area contributed by atoms with Gasteiger partial charge in [0.15, 0.2) is 0 Å². The van der Waals surface area contributed by atoms with E-state index in [2.05, 4.69) is 0 Å². The molecule has 3 N–H and O–H groups in total. The van der Waals surface area contributed by atoms with Crippen molar-refractivity contribution in [2.24, 2.45) is 0 Å². The van der Waals surface area contributed by atoms with Crippen molar-refractivity contribution in [3.05, 3.63) is 53.1 Å². The molecule has 0 spiro atoms. The lowest BCUT2D eigenvalue weighted by atomic mass is 10.0. The molecule has 3 heteroatoms. The second-order valence-electron chi connectivity index (χ2n) is 4.11. The summed E-state index contributed by atoms with van der Waals surface area (Å²) in [5.74, 6) is 0.396. The fourth-order valence-corrected chi connectivity index (χ4v) is 1.75. The number of phenols is 3. The van der Waals surface area contributed by atoms with E-state index in [1.807, 2.05) is 19.1 Å². The molecule has 0 radical (unpaired) electrons. The van der Waals surface area contributed by atoms with Gasteiger partial charge in [-0.15, -0.1) is 0 Å². The van der Waals surface area contributed by atoms with Crippen molar-refractivity contribution in [2.45, 2.75) is 13.3 Å². The molecule has 3 nitrogen and oxygen atoms in total. The van der Waals surface area contributed by atoms with Gasteiger partial charge in [0.2, 0.25) is 0 Å². The molecule has 0 bridgehead atoms. The van der Waals surface area contributed by atoms with Gasteiger partial charge in [0.25, 0.3) is 0 Å². The summed E-state index contributed by atoms with van der Waals surface area (Å²) in [5, 5.41) is 28.3. The summed E-state index contributed by atoms with van der Waals surface area (Å²) >= 11 is 0. The van der Waals surface area contributed by atoms with Gasteiger partial charge in [-0.05, 0) is 35.7 Å². The Morgan fingerprint density at radius 3 is 2.29 bits per heavy atom. The van der Waals surface area contributed by atoms with Crippen LogP contribution in [0.25, 0.3) is 0 Å². The van der Waals surface area contributed by atoms with Crippen LogP contribution in [0.5, 0.6) is 17.2 Å². The van der Waals surface area contributed by atoms with E-state index in [1.165, 1.54) is 6.07 Å². The zero-order valence-electron chi connectivity index (χ0n) is 9.51. The van der Waals surface area contributed by atoms with E-state index >= 15 is 0 Å². The van der Waals surface area contributed by atoms with Crippen LogP contribution in [0.4, 0.5) is 0 Å². The molecule has 0 aliphatic heterocycles. The molecule has 0 saturated carbocycles. The van der Waals surface area contributed by atoms with Crippen LogP contribution in [-0.2, 0) is 6.42 Å². The first-order chi connectivity index (χ1) is 8.06. The summed E-state index contributed by atoms with van der Waals surface area (Å²) in [6.07, 6.45) is 0.563. The van der Waals surface area contributed by atoms with Gasteiger partial charge in [-0.2, -0.15) is 0 Å². The zero-order valence-corrected chi connectivity index (χ0v) is 9.51. The van der Waals surface area contributed by atoms with Crippen molar-refractivity contribution in [2.75, 3.05) is 0 Å². The van der Waals surface area contributed by atoms with Gasteiger partial charge in [-0.25, -0.2) is 0 Å². The molecule has 0 aliphatic carbocycles. The van der Waals surface area contributed by atoms with E-state index in [4.69, 9.17) is 0 Å². The Morgan fingerprint density at radius 1 is 0.882 bits per heavy atom. The lowest BCUT2D eigenvalue weighted by Gasteiger charge is -2.07. The van der Waals surface area contributed by atoms with Crippen molar-refractivity contribution >= 4 is 0 Å². The standard InChI is InChI=1S/C14H14O3/c1-9-6-10(2-5-13(9)16)7-11-3-4-12(15)8-14(11)17/h2-6,8,15-17H,7H2,1H3. The Kier molecular flexibility index (Phi) is 2.91. The summed E-state index contributed by atoms with van der Waals surface area (Å²) in [6.45, 7) is 1.83. The van der Waals surface area contributed by atoms with Crippen molar-refractivity contribution in [3.8, 4) is 17.2 Å². The van der Waals surface area contributed by atoms with E-state index in [0.717, 1.165) is 16.7 Å². The summed E-state index contributed by atoms with van der Waals surface area (Å²) in [5.41, 5.74) is 2.55. The second kappa shape index (κ2) is 4.37. The highest BCUT2D eigenvalue weighted by molar-refractivity contribution is 5.43. The Hall–Kier alpha value is -2.16. The number of hydrogen-bond acceptors (Lipinski definition) is 3. The van der Waals surface area contributed by atoms with E-state index < -0.39 is 0 Å². The molecule has 0 amide bonds. The summed E-state index contributed by atoms with van der Waals surface area (Å²) in [4.78, 5) is 0. The number of aryl methyl sites for hydroxylation is 1. The van der Waals surface area contributed by atoms with E-state index in [0.29, 0.717) is 6.42 Å². The SMILES string of the molecule is Cc1cc(Cc2ccc(O)cc2O)ccc1O. The lowest BCUT2D eigenvalue weighted by Crippen LogP contribution is -1.89. The highest BCUT2D eigenvalue weighted by Gasteiger charge is 2.05. The molecular formula is C14H14O3. The van der Waals surface area contributed by atoms with E-state index in [1.54, 1.807) is 18.2 Å². The fraction of sp³-hybridized carbons (Fsp3) is 0.143. The first-order valence-electron chi connectivity index (χ1n) is 5.35. The van der Waals surface area contributed by atoms with Gasteiger partial charge in [-0.3, -0.25) is 0 Å². The third-order valence-electron chi connectivity index (χ3n) is 2.72. The van der Waals surface area contributed by atoms with Gasteiger partial charge in [-0.1, -0.05) is 18.2 Å². The van der Waals surface area contributed by atoms with Gasteiger partial charge >= 0.3 is 0 Å². The van der Waals surface area contributed by atoms with E-state index in [-0.39, 0.29) is 17.2 Å². The minimum absolute atomic E-state index is 0.0492. The van der Waals surface area contributed by atoms with Gasteiger partial charge < -0.3 is 15.3 Å². The first-order valence-corrected chi connectivity index (χ1v) is 5.35. The summed E-state index contributed by atoms with van der Waals surface area (Å²) in [7, 11) is 0. The number of benzene rings is 2. The number of aromatic hydroxyl groups is 3. The molecule has 0 aromatic heterocycles. The molecule has 2 aromatic carbocycles. The van der Waals surface area contributed by atoms with Gasteiger partial charge in [0.1, 0.15) is 17.2 Å². The molecule has 88 valence electrons. The Morgan fingerprint density at radius 2 is 1.65 bits per heavy atom. The molecule has 0 saturated heterocycles. The molecule has 2 rings (SSSR count). The van der Waals surface area contributed by atoms with Crippen LogP contribution >= 0.6 is 0 Å². The zero-order chi connectivity index (χ0) is 12.4. The fourth-order valence-electron chi connectivity index (χ4n) is 1.75. The normalized spacial score (nSPS) is 10.4. The molecule has 17 heavy (non-hydrogen) atoms. The quantitative estimate of drug-likeness (QED) is 0.743. The summed E-state index contributed by atoms with van der Waals surface area (Å²) < 4.78 is 0. The van der Waals surface area contributed by atoms with E-state index in [9.17, 15) is 15.3 Å². The smallest absolute Gasteiger partial charge is 0.122 e. The largest absolute Gasteiger partial charge is 0.508 e. The molecular weight excluding hydrogens is 216 g/mol. The molecule has 0 fully saturated rings. The highest BCUT2D eigenvalue weighted by atomic mass is 16.3. The van der Waals surface area contributed by atoms with Gasteiger partial charge in [0, 0.05) is 12.5 Å². The predicted molar refractivity (Wildman–Crippen MR) is 65.4 cm³/mol. The average molecular weight is 230 g/mol. The monoisotopic (exact) mass is 230 g/mol. The van der Waals surface area contributed by atoms with Gasteiger partial charge in [0.05, 0.1) is 0 Å². The molecule has 0 unspecified atom stereocenters. The van der Waals surface area contributed by atoms with Crippen LogP contribution in [0.15, 0.2) is 36.4 Å². The predicted octanol–water partition coefficient (Wildman–Crippen LogP) is 2.70. The second-order valence-corrected chi connectivity index (χ2v) is 4.11. The third kappa shape index (κ3) is 2.50. The highest BCUT2D eigenvalue weighted by Crippen LogP contribution is 2.26. The maximum Gasteiger partial charge on any atom is 0.122 e. The first kappa shape index (κ1) is 11.3. The van der Waals surface area contributed by atoms with Crippen molar-refractivity contribution in [1.29, 1.82) is 0 Å². The third-order valence-corrected chi connectivity index (χ3v) is 2.72. The van der Waals surface area contributed by atoms with Crippen LogP contribution < -0.4 is 0 Å². The molecule has 2 aromatic rings. The maximum atomic E-state index is 9.67. The van der Waals surface area contributed by atoms with Crippen LogP contribution in [0.1, 0.15) is 16.7 Å². The Labute approximate surface area is 99.6 Å². The molecule has 0 atom stereocenters. The Balaban J connectivity index is 2.28. The minimum atomic E-state index is 0.0492. The molecule has 0 heterocycles. The lowest BCUT2D eigenvalue weighted by molar-refractivity contribution is 0.447. The Bertz CT molecular complexity index is 547. The summed E-state index contributed by atoms with van der Waals surface area (Å²) in [6, 6.07) is 9.89. The average Bonchev–Trinajstić information content (AvgIpc) is 2.27. The van der Waals surface area contributed by atoms with Crippen molar-refractivity contribution in [3.63, 3.8) is 0 Å². The van der Waals surface area contributed by atoms with Crippen molar-refractivity contribution in [1.82, 2.24) is 0 Å². The number of rotatable bonds is 2. The van der Waals surface area contributed by atoms with Crippen LogP contribution in [0, 0.1) is 6.92 Å². The maximum absolute atomic E-state index is 9.67. The van der Waals surface area contributed by atoms with Crippen LogP contribution in [-0.4, -0.2) is 15.3 Å². The molecule has 0 aliphatic rings. The number of phenolic OH excluding ortho intramolecular Hbond substituents is 3. The number of hydrogen-bond donors (Lipinski definition) is 3. The van der Waals surface area contributed by atoms with Crippen molar-refractivity contribution < 1.29 is 15.3 Å². The van der Waals surface area contributed by atoms with Crippen LogP contribution in [0.3, 0.4) is 0 Å². The van der Waals surface area contributed by atoms with Crippen LogP contribution in [0.2, 0.25) is 0 Å². The minimum Gasteiger partial charge on any atom is -0.508 e.